The fourth-order valence-electron chi connectivity index (χ4n) is 3.16. The lowest BCUT2D eigenvalue weighted by Gasteiger charge is -2.27. The summed E-state index contributed by atoms with van der Waals surface area (Å²) in [5, 5.41) is 3.49. The van der Waals surface area contributed by atoms with Gasteiger partial charge in [-0.05, 0) is 32.2 Å². The van der Waals surface area contributed by atoms with E-state index in [2.05, 4.69) is 21.1 Å². The van der Waals surface area contributed by atoms with Crippen molar-refractivity contribution < 1.29 is 4.74 Å². The molecule has 2 saturated heterocycles. The Labute approximate surface area is 109 Å². The third-order valence-electron chi connectivity index (χ3n) is 4.17. The van der Waals surface area contributed by atoms with Crippen LogP contribution in [0, 0.1) is 5.92 Å². The molecule has 0 bridgehead atoms. The molecule has 0 saturated carbocycles. The lowest BCUT2D eigenvalue weighted by molar-refractivity contribution is 0.0479. The zero-order valence-corrected chi connectivity index (χ0v) is 11.0. The van der Waals surface area contributed by atoms with Gasteiger partial charge in [0.15, 0.2) is 0 Å². The largest absolute Gasteiger partial charge is 0.381 e. The average Bonchev–Trinajstić information content (AvgIpc) is 2.89. The van der Waals surface area contributed by atoms with E-state index in [0.29, 0.717) is 11.8 Å². The van der Waals surface area contributed by atoms with E-state index >= 15 is 0 Å². The van der Waals surface area contributed by atoms with Gasteiger partial charge >= 0.3 is 0 Å². The summed E-state index contributed by atoms with van der Waals surface area (Å²) >= 11 is 0. The predicted molar refractivity (Wildman–Crippen MR) is 70.6 cm³/mol. The molecular weight excluding hydrogens is 226 g/mol. The SMILES string of the molecule is c1ncn(CC2CCCOC2)c1C1CCCNC1. The van der Waals surface area contributed by atoms with Crippen LogP contribution in [-0.4, -0.2) is 35.9 Å². The van der Waals surface area contributed by atoms with E-state index in [0.717, 1.165) is 26.3 Å². The van der Waals surface area contributed by atoms with E-state index < -0.39 is 0 Å². The minimum Gasteiger partial charge on any atom is -0.381 e. The summed E-state index contributed by atoms with van der Waals surface area (Å²) in [5.74, 6) is 1.31. The molecule has 1 aromatic rings. The van der Waals surface area contributed by atoms with E-state index in [4.69, 9.17) is 4.74 Å². The maximum atomic E-state index is 5.57. The summed E-state index contributed by atoms with van der Waals surface area (Å²) in [7, 11) is 0. The molecule has 0 aromatic carbocycles. The molecule has 2 fully saturated rings. The van der Waals surface area contributed by atoms with Crippen LogP contribution in [0.3, 0.4) is 0 Å². The van der Waals surface area contributed by atoms with Crippen LogP contribution in [0.1, 0.15) is 37.3 Å². The highest BCUT2D eigenvalue weighted by molar-refractivity contribution is 5.08. The summed E-state index contributed by atoms with van der Waals surface area (Å²) in [6, 6.07) is 0. The van der Waals surface area contributed by atoms with E-state index in [-0.39, 0.29) is 0 Å². The second-order valence-electron chi connectivity index (χ2n) is 5.60. The van der Waals surface area contributed by atoms with Gasteiger partial charge in [0.25, 0.3) is 0 Å². The van der Waals surface area contributed by atoms with E-state index in [1.807, 2.05) is 6.33 Å². The van der Waals surface area contributed by atoms with Gasteiger partial charge in [0, 0.05) is 43.4 Å². The van der Waals surface area contributed by atoms with Crippen molar-refractivity contribution in [3.05, 3.63) is 18.2 Å². The zero-order chi connectivity index (χ0) is 12.2. The highest BCUT2D eigenvalue weighted by Crippen LogP contribution is 2.24. The van der Waals surface area contributed by atoms with Gasteiger partial charge in [-0.15, -0.1) is 0 Å². The Bertz CT molecular complexity index is 365. The molecule has 4 heteroatoms. The highest BCUT2D eigenvalue weighted by atomic mass is 16.5. The standard InChI is InChI=1S/C14H23N3O/c1-4-13(7-15-5-1)14-8-16-11-17(14)9-12-3-2-6-18-10-12/h8,11-13,15H,1-7,9-10H2. The Kier molecular flexibility index (Phi) is 3.96. The smallest absolute Gasteiger partial charge is 0.0948 e. The molecule has 3 heterocycles. The number of aromatic nitrogens is 2. The first-order valence-corrected chi connectivity index (χ1v) is 7.22. The Morgan fingerprint density at radius 3 is 3.17 bits per heavy atom. The molecule has 2 aliphatic heterocycles. The third kappa shape index (κ3) is 2.75. The number of hydrogen-bond donors (Lipinski definition) is 1. The van der Waals surface area contributed by atoms with Crippen molar-refractivity contribution in [2.45, 2.75) is 38.1 Å². The summed E-state index contributed by atoms with van der Waals surface area (Å²) in [6.45, 7) is 5.21. The van der Waals surface area contributed by atoms with Crippen LogP contribution in [0.4, 0.5) is 0 Å². The maximum Gasteiger partial charge on any atom is 0.0948 e. The van der Waals surface area contributed by atoms with Crippen LogP contribution in [0.15, 0.2) is 12.5 Å². The molecule has 2 unspecified atom stereocenters. The number of imidazole rings is 1. The maximum absolute atomic E-state index is 5.57. The first kappa shape index (κ1) is 12.2. The topological polar surface area (TPSA) is 39.1 Å². The molecule has 0 radical (unpaired) electrons. The van der Waals surface area contributed by atoms with Crippen LogP contribution in [0.25, 0.3) is 0 Å². The quantitative estimate of drug-likeness (QED) is 0.887. The van der Waals surface area contributed by atoms with Crippen LogP contribution >= 0.6 is 0 Å². The first-order valence-electron chi connectivity index (χ1n) is 7.22. The van der Waals surface area contributed by atoms with Crippen LogP contribution in [0.2, 0.25) is 0 Å². The molecule has 0 aliphatic carbocycles. The molecule has 100 valence electrons. The molecule has 2 aliphatic rings. The number of nitrogens with zero attached hydrogens (tertiary/aromatic N) is 2. The van der Waals surface area contributed by atoms with Crippen LogP contribution in [-0.2, 0) is 11.3 Å². The normalized spacial score (nSPS) is 29.3. The van der Waals surface area contributed by atoms with Crippen molar-refractivity contribution in [3.8, 4) is 0 Å². The van der Waals surface area contributed by atoms with Gasteiger partial charge in [-0.3, -0.25) is 0 Å². The Morgan fingerprint density at radius 2 is 2.39 bits per heavy atom. The van der Waals surface area contributed by atoms with Crippen LogP contribution in [0.5, 0.6) is 0 Å². The Hall–Kier alpha value is -0.870. The molecule has 0 amide bonds. The Balaban J connectivity index is 1.66. The van der Waals surface area contributed by atoms with Crippen molar-refractivity contribution in [2.24, 2.45) is 5.92 Å². The molecule has 4 nitrogen and oxygen atoms in total. The molecule has 2 atom stereocenters. The molecule has 0 spiro atoms. The number of ether oxygens (including phenoxy) is 1. The summed E-state index contributed by atoms with van der Waals surface area (Å²) in [6.07, 6.45) is 9.13. The van der Waals surface area contributed by atoms with Gasteiger partial charge in [-0.25, -0.2) is 4.98 Å². The number of piperidine rings is 1. The highest BCUT2D eigenvalue weighted by Gasteiger charge is 2.21. The lowest BCUT2D eigenvalue weighted by atomic mass is 9.96. The number of rotatable bonds is 3. The van der Waals surface area contributed by atoms with Crippen molar-refractivity contribution >= 4 is 0 Å². The van der Waals surface area contributed by atoms with Gasteiger partial charge in [-0.2, -0.15) is 0 Å². The van der Waals surface area contributed by atoms with Crippen molar-refractivity contribution in [3.63, 3.8) is 0 Å². The van der Waals surface area contributed by atoms with Gasteiger partial charge < -0.3 is 14.6 Å². The van der Waals surface area contributed by atoms with Gasteiger partial charge in [0.2, 0.25) is 0 Å². The predicted octanol–water partition coefficient (Wildman–Crippen LogP) is 1.78. The number of hydrogen-bond acceptors (Lipinski definition) is 3. The van der Waals surface area contributed by atoms with E-state index in [1.54, 1.807) is 0 Å². The molecule has 1 aromatic heterocycles. The van der Waals surface area contributed by atoms with Gasteiger partial charge in [-0.1, -0.05) is 0 Å². The average molecular weight is 249 g/mol. The fourth-order valence-corrected chi connectivity index (χ4v) is 3.16. The van der Waals surface area contributed by atoms with Gasteiger partial charge in [0.05, 0.1) is 12.9 Å². The third-order valence-corrected chi connectivity index (χ3v) is 4.17. The molecule has 1 N–H and O–H groups in total. The van der Waals surface area contributed by atoms with Gasteiger partial charge in [0.1, 0.15) is 0 Å². The molecular formula is C14H23N3O. The fraction of sp³-hybridized carbons (Fsp3) is 0.786. The minimum atomic E-state index is 0.644. The van der Waals surface area contributed by atoms with E-state index in [9.17, 15) is 0 Å². The molecule has 3 rings (SSSR count). The second-order valence-corrected chi connectivity index (χ2v) is 5.60. The molecule has 18 heavy (non-hydrogen) atoms. The zero-order valence-electron chi connectivity index (χ0n) is 11.0. The lowest BCUT2D eigenvalue weighted by Crippen LogP contribution is -2.30. The van der Waals surface area contributed by atoms with Crippen LogP contribution < -0.4 is 5.32 Å². The van der Waals surface area contributed by atoms with E-state index in [1.165, 1.54) is 37.9 Å². The monoisotopic (exact) mass is 249 g/mol. The van der Waals surface area contributed by atoms with Crippen molar-refractivity contribution in [1.29, 1.82) is 0 Å². The first-order chi connectivity index (χ1) is 8.93. The summed E-state index contributed by atoms with van der Waals surface area (Å²) < 4.78 is 7.93. The minimum absolute atomic E-state index is 0.644. The van der Waals surface area contributed by atoms with Crippen molar-refractivity contribution in [2.75, 3.05) is 26.3 Å². The Morgan fingerprint density at radius 1 is 1.39 bits per heavy atom. The summed E-state index contributed by atoms with van der Waals surface area (Å²) in [5.41, 5.74) is 1.41. The second kappa shape index (κ2) is 5.85. The van der Waals surface area contributed by atoms with Crippen molar-refractivity contribution in [1.82, 2.24) is 14.9 Å². The summed E-state index contributed by atoms with van der Waals surface area (Å²) in [4.78, 5) is 4.36. The number of nitrogens with one attached hydrogen (secondary N) is 1.